The Hall–Kier alpha value is -3.21. The van der Waals surface area contributed by atoms with Crippen LogP contribution < -0.4 is 14.9 Å². The smallest absolute Gasteiger partial charge is 0.250 e. The van der Waals surface area contributed by atoms with Crippen LogP contribution in [-0.4, -0.2) is 29.5 Å². The SMILES string of the molecule is CCOc1cc(/C=N/NC(=O)CSc2nc(-c3ccccc3)cs2)cc(Br)c1OCc1ccccc1F. The van der Waals surface area contributed by atoms with E-state index in [9.17, 15) is 9.18 Å². The predicted octanol–water partition coefficient (Wildman–Crippen LogP) is 6.93. The van der Waals surface area contributed by atoms with Gasteiger partial charge in [-0.25, -0.2) is 14.8 Å². The van der Waals surface area contributed by atoms with Crippen LogP contribution in [0.4, 0.5) is 4.39 Å². The number of hydrogen-bond donors (Lipinski definition) is 1. The minimum Gasteiger partial charge on any atom is -0.490 e. The lowest BCUT2D eigenvalue weighted by Crippen LogP contribution is -2.19. The van der Waals surface area contributed by atoms with Gasteiger partial charge in [0.1, 0.15) is 12.4 Å². The van der Waals surface area contributed by atoms with Crippen molar-refractivity contribution in [1.29, 1.82) is 0 Å². The average molecular weight is 601 g/mol. The van der Waals surface area contributed by atoms with Gasteiger partial charge in [-0.3, -0.25) is 4.79 Å². The molecular formula is C27H23BrFN3O3S2. The number of ether oxygens (including phenoxy) is 2. The van der Waals surface area contributed by atoms with Gasteiger partial charge in [-0.1, -0.05) is 60.3 Å². The second-order valence-corrected chi connectivity index (χ2v) is 10.5. The number of thioether (sulfide) groups is 1. The van der Waals surface area contributed by atoms with Gasteiger partial charge in [0.15, 0.2) is 15.8 Å². The van der Waals surface area contributed by atoms with Crippen LogP contribution in [-0.2, 0) is 11.4 Å². The Bertz CT molecular complexity index is 1380. The average Bonchev–Trinajstić information content (AvgIpc) is 3.38. The Labute approximate surface area is 231 Å². The first-order valence-corrected chi connectivity index (χ1v) is 14.0. The molecule has 4 rings (SSSR count). The second kappa shape index (κ2) is 13.4. The molecule has 0 unspecified atom stereocenters. The molecule has 0 aliphatic heterocycles. The van der Waals surface area contributed by atoms with Crippen molar-refractivity contribution in [3.8, 4) is 22.8 Å². The Morgan fingerprint density at radius 3 is 2.73 bits per heavy atom. The van der Waals surface area contributed by atoms with Crippen LogP contribution in [0, 0.1) is 5.82 Å². The number of nitrogens with zero attached hydrogens (tertiary/aromatic N) is 2. The summed E-state index contributed by atoms with van der Waals surface area (Å²) in [7, 11) is 0. The van der Waals surface area contributed by atoms with E-state index in [1.165, 1.54) is 35.4 Å². The highest BCUT2D eigenvalue weighted by Gasteiger charge is 2.13. The number of carbonyl (C=O) groups is 1. The zero-order valence-electron chi connectivity index (χ0n) is 19.8. The summed E-state index contributed by atoms with van der Waals surface area (Å²) in [5.74, 6) is 0.554. The predicted molar refractivity (Wildman–Crippen MR) is 150 cm³/mol. The molecule has 190 valence electrons. The molecule has 1 N–H and O–H groups in total. The van der Waals surface area contributed by atoms with Crippen molar-refractivity contribution >= 4 is 51.2 Å². The zero-order chi connectivity index (χ0) is 26.0. The summed E-state index contributed by atoms with van der Waals surface area (Å²) in [6.07, 6.45) is 1.52. The summed E-state index contributed by atoms with van der Waals surface area (Å²) in [5.41, 5.74) is 5.60. The molecule has 0 aliphatic carbocycles. The zero-order valence-corrected chi connectivity index (χ0v) is 23.0. The molecule has 0 aliphatic rings. The molecule has 0 bridgehead atoms. The quantitative estimate of drug-likeness (QED) is 0.115. The van der Waals surface area contributed by atoms with Crippen LogP contribution in [0.2, 0.25) is 0 Å². The fraction of sp³-hybridized carbons (Fsp3) is 0.148. The molecule has 37 heavy (non-hydrogen) atoms. The standard InChI is InChI=1S/C27H23BrFN3O3S2/c1-2-34-24-13-18(12-21(28)26(24)35-15-20-10-6-7-11-22(20)29)14-30-32-25(33)17-37-27-31-23(16-36-27)19-8-4-3-5-9-19/h3-14,16H,2,15,17H2,1H3,(H,32,33)/b30-14+. The molecule has 1 heterocycles. The van der Waals surface area contributed by atoms with Gasteiger partial charge in [0, 0.05) is 16.5 Å². The minimum absolute atomic E-state index is 0.0540. The molecule has 4 aromatic rings. The van der Waals surface area contributed by atoms with Crippen LogP contribution in [0.5, 0.6) is 11.5 Å². The number of rotatable bonds is 11. The van der Waals surface area contributed by atoms with Gasteiger partial charge >= 0.3 is 0 Å². The molecule has 0 saturated carbocycles. The van der Waals surface area contributed by atoms with Crippen LogP contribution in [0.1, 0.15) is 18.1 Å². The highest BCUT2D eigenvalue weighted by molar-refractivity contribution is 9.10. The lowest BCUT2D eigenvalue weighted by molar-refractivity contribution is -0.118. The van der Waals surface area contributed by atoms with Gasteiger partial charge in [-0.2, -0.15) is 5.10 Å². The summed E-state index contributed by atoms with van der Waals surface area (Å²) < 4.78 is 27.0. The normalized spacial score (nSPS) is 11.0. The molecule has 3 aromatic carbocycles. The third-order valence-corrected chi connectivity index (χ3v) is 7.55. The van der Waals surface area contributed by atoms with Gasteiger partial charge in [-0.05, 0) is 46.6 Å². The van der Waals surface area contributed by atoms with Crippen molar-refractivity contribution in [2.24, 2.45) is 5.10 Å². The number of carbonyl (C=O) groups excluding carboxylic acids is 1. The highest BCUT2D eigenvalue weighted by Crippen LogP contribution is 2.37. The molecule has 1 aromatic heterocycles. The van der Waals surface area contributed by atoms with Gasteiger partial charge in [0.2, 0.25) is 0 Å². The Balaban J connectivity index is 1.33. The number of aromatic nitrogens is 1. The first-order valence-electron chi connectivity index (χ1n) is 11.3. The summed E-state index contributed by atoms with van der Waals surface area (Å²) in [6, 6.07) is 19.9. The van der Waals surface area contributed by atoms with E-state index in [1.54, 1.807) is 30.3 Å². The van der Waals surface area contributed by atoms with Crippen molar-refractivity contribution in [1.82, 2.24) is 10.4 Å². The third-order valence-electron chi connectivity index (χ3n) is 4.94. The molecule has 0 atom stereocenters. The monoisotopic (exact) mass is 599 g/mol. The number of benzene rings is 3. The molecule has 6 nitrogen and oxygen atoms in total. The molecule has 0 spiro atoms. The van der Waals surface area contributed by atoms with Crippen LogP contribution in [0.3, 0.4) is 0 Å². The van der Waals surface area contributed by atoms with Gasteiger partial charge in [0.25, 0.3) is 5.91 Å². The van der Waals surface area contributed by atoms with E-state index in [1.807, 2.05) is 42.6 Å². The molecule has 0 saturated heterocycles. The second-order valence-electron chi connectivity index (χ2n) is 7.59. The lowest BCUT2D eigenvalue weighted by atomic mass is 10.2. The van der Waals surface area contributed by atoms with Gasteiger partial charge in [-0.15, -0.1) is 11.3 Å². The molecule has 0 radical (unpaired) electrons. The van der Waals surface area contributed by atoms with Crippen LogP contribution in [0.25, 0.3) is 11.3 Å². The highest BCUT2D eigenvalue weighted by atomic mass is 79.9. The summed E-state index contributed by atoms with van der Waals surface area (Å²) in [5, 5.41) is 6.04. The van der Waals surface area contributed by atoms with Crippen LogP contribution >= 0.6 is 39.0 Å². The van der Waals surface area contributed by atoms with E-state index in [0.717, 1.165) is 15.6 Å². The number of nitrogens with one attached hydrogen (secondary N) is 1. The fourth-order valence-electron chi connectivity index (χ4n) is 3.23. The summed E-state index contributed by atoms with van der Waals surface area (Å²) in [6.45, 7) is 2.33. The number of hydrogen-bond acceptors (Lipinski definition) is 7. The van der Waals surface area contributed by atoms with E-state index in [2.05, 4.69) is 31.4 Å². The summed E-state index contributed by atoms with van der Waals surface area (Å²) in [4.78, 5) is 16.8. The Morgan fingerprint density at radius 2 is 1.95 bits per heavy atom. The number of hydrazone groups is 1. The Kier molecular flexibility index (Phi) is 9.70. The molecule has 10 heteroatoms. The maximum Gasteiger partial charge on any atom is 0.250 e. The largest absolute Gasteiger partial charge is 0.490 e. The minimum atomic E-state index is -0.333. The van der Waals surface area contributed by atoms with E-state index >= 15 is 0 Å². The molecular weight excluding hydrogens is 577 g/mol. The first kappa shape index (κ1) is 26.8. The van der Waals surface area contributed by atoms with Crippen LogP contribution in [0.15, 0.2) is 86.0 Å². The van der Waals surface area contributed by atoms with Crippen molar-refractivity contribution < 1.29 is 18.7 Å². The van der Waals surface area contributed by atoms with Crippen molar-refractivity contribution in [2.45, 2.75) is 17.9 Å². The maximum atomic E-state index is 14.0. The Morgan fingerprint density at radius 1 is 1.16 bits per heavy atom. The number of amides is 1. The maximum absolute atomic E-state index is 14.0. The fourth-order valence-corrected chi connectivity index (χ4v) is 5.44. The van der Waals surface area contributed by atoms with Crippen molar-refractivity contribution in [3.05, 3.63) is 93.5 Å². The lowest BCUT2D eigenvalue weighted by Gasteiger charge is -2.15. The molecule has 0 fully saturated rings. The summed E-state index contributed by atoms with van der Waals surface area (Å²) >= 11 is 6.35. The van der Waals surface area contributed by atoms with Gasteiger partial charge < -0.3 is 9.47 Å². The molecule has 1 amide bonds. The number of thiazole rings is 1. The van der Waals surface area contributed by atoms with Crippen molar-refractivity contribution in [3.63, 3.8) is 0 Å². The number of halogens is 2. The van der Waals surface area contributed by atoms with Crippen molar-refractivity contribution in [2.75, 3.05) is 12.4 Å². The van der Waals surface area contributed by atoms with E-state index in [0.29, 0.717) is 33.7 Å². The van der Waals surface area contributed by atoms with Gasteiger partial charge in [0.05, 0.1) is 28.7 Å². The first-order chi connectivity index (χ1) is 18.0. The van der Waals surface area contributed by atoms with E-state index in [-0.39, 0.29) is 24.1 Å². The van der Waals surface area contributed by atoms with E-state index < -0.39 is 0 Å². The topological polar surface area (TPSA) is 72.8 Å². The third kappa shape index (κ3) is 7.64. The van der Waals surface area contributed by atoms with E-state index in [4.69, 9.17) is 9.47 Å².